The van der Waals surface area contributed by atoms with Crippen LogP contribution < -0.4 is 10.8 Å². The van der Waals surface area contributed by atoms with Crippen LogP contribution in [0.2, 0.25) is 5.02 Å². The highest BCUT2D eigenvalue weighted by atomic mass is 35.5. The summed E-state index contributed by atoms with van der Waals surface area (Å²) in [5.41, 5.74) is 4.36. The third-order valence-electron chi connectivity index (χ3n) is 2.31. The molecule has 0 aliphatic carbocycles. The quantitative estimate of drug-likeness (QED) is 0.332. The van der Waals surface area contributed by atoms with Crippen LogP contribution in [0.3, 0.4) is 0 Å². The van der Waals surface area contributed by atoms with Crippen molar-refractivity contribution in [3.05, 3.63) is 39.0 Å². The van der Waals surface area contributed by atoms with Gasteiger partial charge in [0.15, 0.2) is 23.0 Å². The number of rotatable bonds is 3. The zero-order chi connectivity index (χ0) is 14.9. The SMILES string of the molecule is N=C(c1nonc1N)N(O)c1cc(Cl)ccc1[N+](=O)[O-]. The van der Waals surface area contributed by atoms with Gasteiger partial charge in [-0.1, -0.05) is 11.6 Å². The molecule has 0 radical (unpaired) electrons. The molecular formula is C9H7ClN6O4. The number of hydroxylamine groups is 1. The van der Waals surface area contributed by atoms with Crippen molar-refractivity contribution in [2.45, 2.75) is 0 Å². The van der Waals surface area contributed by atoms with Crippen molar-refractivity contribution < 1.29 is 14.8 Å². The minimum Gasteiger partial charge on any atom is -0.379 e. The zero-order valence-corrected chi connectivity index (χ0v) is 10.4. The molecule has 0 atom stereocenters. The lowest BCUT2D eigenvalue weighted by molar-refractivity contribution is -0.384. The second-order valence-corrected chi connectivity index (χ2v) is 3.99. The first-order chi connectivity index (χ1) is 9.41. The van der Waals surface area contributed by atoms with E-state index in [9.17, 15) is 15.3 Å². The van der Waals surface area contributed by atoms with Crippen molar-refractivity contribution in [1.29, 1.82) is 5.41 Å². The molecule has 20 heavy (non-hydrogen) atoms. The molecule has 1 heterocycles. The van der Waals surface area contributed by atoms with E-state index >= 15 is 0 Å². The van der Waals surface area contributed by atoms with Gasteiger partial charge in [-0.3, -0.25) is 20.7 Å². The molecule has 0 bridgehead atoms. The average molecular weight is 299 g/mol. The summed E-state index contributed by atoms with van der Waals surface area (Å²) in [6, 6.07) is 3.50. The average Bonchev–Trinajstić information content (AvgIpc) is 2.82. The minimum absolute atomic E-state index is 0.142. The normalized spacial score (nSPS) is 10.3. The largest absolute Gasteiger partial charge is 0.379 e. The molecular weight excluding hydrogens is 292 g/mol. The van der Waals surface area contributed by atoms with Crippen LogP contribution in [-0.2, 0) is 0 Å². The highest BCUT2D eigenvalue weighted by molar-refractivity contribution is 6.31. The van der Waals surface area contributed by atoms with Crippen molar-refractivity contribution in [3.8, 4) is 0 Å². The van der Waals surface area contributed by atoms with Gasteiger partial charge in [-0.15, -0.1) is 0 Å². The molecule has 1 aromatic heterocycles. The van der Waals surface area contributed by atoms with Gasteiger partial charge in [-0.25, -0.2) is 4.63 Å². The lowest BCUT2D eigenvalue weighted by Gasteiger charge is -2.16. The number of nitro groups is 1. The lowest BCUT2D eigenvalue weighted by Crippen LogP contribution is -2.28. The molecule has 0 saturated heterocycles. The minimum atomic E-state index is -0.730. The summed E-state index contributed by atoms with van der Waals surface area (Å²) < 4.78 is 4.29. The van der Waals surface area contributed by atoms with Crippen molar-refractivity contribution in [1.82, 2.24) is 10.3 Å². The highest BCUT2D eigenvalue weighted by Crippen LogP contribution is 2.31. The van der Waals surface area contributed by atoms with Gasteiger partial charge in [0.25, 0.3) is 5.69 Å². The van der Waals surface area contributed by atoms with E-state index in [0.29, 0.717) is 0 Å². The summed E-state index contributed by atoms with van der Waals surface area (Å²) >= 11 is 5.72. The summed E-state index contributed by atoms with van der Waals surface area (Å²) in [7, 11) is 0. The number of nitro benzene ring substituents is 1. The Morgan fingerprint density at radius 2 is 2.25 bits per heavy atom. The number of hydrogen-bond donors (Lipinski definition) is 3. The van der Waals surface area contributed by atoms with Gasteiger partial charge in [-0.2, -0.15) is 5.06 Å². The number of hydrogen-bond acceptors (Lipinski definition) is 8. The molecule has 0 fully saturated rings. The summed E-state index contributed by atoms with van der Waals surface area (Å²) in [4.78, 5) is 10.2. The molecule has 4 N–H and O–H groups in total. The molecule has 0 amide bonds. The van der Waals surface area contributed by atoms with Crippen LogP contribution in [0, 0.1) is 15.5 Å². The molecule has 0 unspecified atom stereocenters. The highest BCUT2D eigenvalue weighted by Gasteiger charge is 2.25. The van der Waals surface area contributed by atoms with Crippen LogP contribution in [0.1, 0.15) is 5.69 Å². The Hall–Kier alpha value is -2.72. The van der Waals surface area contributed by atoms with E-state index in [2.05, 4.69) is 14.9 Å². The second-order valence-electron chi connectivity index (χ2n) is 3.55. The Kier molecular flexibility index (Phi) is 3.50. The fraction of sp³-hybridized carbons (Fsp3) is 0. The van der Waals surface area contributed by atoms with Gasteiger partial charge >= 0.3 is 0 Å². The van der Waals surface area contributed by atoms with Crippen molar-refractivity contribution in [2.75, 3.05) is 10.8 Å². The molecule has 0 aliphatic rings. The molecule has 0 aliphatic heterocycles. The van der Waals surface area contributed by atoms with Crippen molar-refractivity contribution in [2.24, 2.45) is 0 Å². The first-order valence-corrected chi connectivity index (χ1v) is 5.39. The Morgan fingerprint density at radius 1 is 1.55 bits per heavy atom. The Bertz CT molecular complexity index is 687. The zero-order valence-electron chi connectivity index (χ0n) is 9.65. The number of amidine groups is 1. The van der Waals surface area contributed by atoms with Gasteiger partial charge in [0.1, 0.15) is 0 Å². The van der Waals surface area contributed by atoms with Crippen LogP contribution >= 0.6 is 11.6 Å². The molecule has 10 nitrogen and oxygen atoms in total. The van der Waals surface area contributed by atoms with Gasteiger partial charge in [0.05, 0.1) is 4.92 Å². The number of aromatic nitrogens is 2. The number of nitrogens with one attached hydrogen (secondary N) is 1. The van der Waals surface area contributed by atoms with E-state index < -0.39 is 16.4 Å². The van der Waals surface area contributed by atoms with Crippen LogP contribution in [-0.4, -0.2) is 26.3 Å². The van der Waals surface area contributed by atoms with Crippen LogP contribution in [0.25, 0.3) is 0 Å². The van der Waals surface area contributed by atoms with Crippen LogP contribution in [0.15, 0.2) is 22.8 Å². The monoisotopic (exact) mass is 298 g/mol. The first kappa shape index (κ1) is 13.7. The van der Waals surface area contributed by atoms with Crippen LogP contribution in [0.4, 0.5) is 17.2 Å². The van der Waals surface area contributed by atoms with E-state index in [0.717, 1.165) is 12.1 Å². The maximum absolute atomic E-state index is 10.9. The van der Waals surface area contributed by atoms with E-state index in [1.807, 2.05) is 0 Å². The lowest BCUT2D eigenvalue weighted by atomic mass is 10.2. The maximum atomic E-state index is 10.9. The van der Waals surface area contributed by atoms with Gasteiger partial charge in [0.2, 0.25) is 0 Å². The fourth-order valence-corrected chi connectivity index (χ4v) is 1.57. The number of nitrogens with two attached hydrogens (primary N) is 1. The fourth-order valence-electron chi connectivity index (χ4n) is 1.40. The molecule has 0 saturated carbocycles. The molecule has 1 aromatic carbocycles. The smallest absolute Gasteiger partial charge is 0.295 e. The van der Waals surface area contributed by atoms with E-state index in [-0.39, 0.29) is 27.3 Å². The van der Waals surface area contributed by atoms with E-state index in [1.54, 1.807) is 0 Å². The Labute approximate surface area is 115 Å². The maximum Gasteiger partial charge on any atom is 0.295 e. The number of halogens is 1. The number of benzene rings is 1. The third kappa shape index (κ3) is 2.37. The van der Waals surface area contributed by atoms with Gasteiger partial charge < -0.3 is 5.73 Å². The Morgan fingerprint density at radius 3 is 2.80 bits per heavy atom. The number of nitrogen functional groups attached to an aromatic ring is 1. The third-order valence-corrected chi connectivity index (χ3v) is 2.55. The molecule has 11 heteroatoms. The first-order valence-electron chi connectivity index (χ1n) is 5.01. The van der Waals surface area contributed by atoms with E-state index in [1.165, 1.54) is 6.07 Å². The van der Waals surface area contributed by atoms with Crippen molar-refractivity contribution >= 4 is 34.6 Å². The molecule has 104 valence electrons. The molecule has 0 spiro atoms. The summed E-state index contributed by atoms with van der Waals surface area (Å²) in [6.07, 6.45) is 0. The topological polar surface area (TPSA) is 155 Å². The second kappa shape index (κ2) is 5.11. The van der Waals surface area contributed by atoms with Gasteiger partial charge in [-0.05, 0) is 22.4 Å². The summed E-state index contributed by atoms with van der Waals surface area (Å²) in [6.45, 7) is 0. The molecule has 2 aromatic rings. The predicted octanol–water partition coefficient (Wildman–Crippen LogP) is 1.43. The summed E-state index contributed by atoms with van der Waals surface area (Å²) in [5.74, 6) is -0.882. The standard InChI is InChI=1S/C9H7ClN6O4/c10-4-1-2-5(16(18)19)6(3-4)15(17)9(12)7-8(11)14-20-13-7/h1-3,12,17H,(H2,11,14). The van der Waals surface area contributed by atoms with Gasteiger partial charge in [0, 0.05) is 11.1 Å². The Balaban J connectivity index is 2.46. The number of anilines is 2. The van der Waals surface area contributed by atoms with E-state index in [4.69, 9.17) is 22.7 Å². The predicted molar refractivity (Wildman–Crippen MR) is 67.9 cm³/mol. The number of nitrogens with zero attached hydrogens (tertiary/aromatic N) is 4. The molecule has 2 rings (SSSR count). The summed E-state index contributed by atoms with van der Waals surface area (Å²) in [5, 5.41) is 35.4. The van der Waals surface area contributed by atoms with Crippen molar-refractivity contribution in [3.63, 3.8) is 0 Å². The van der Waals surface area contributed by atoms with Crippen LogP contribution in [0.5, 0.6) is 0 Å².